The predicted molar refractivity (Wildman–Crippen MR) is 97.4 cm³/mol. The lowest BCUT2D eigenvalue weighted by molar-refractivity contribution is 0.0755. The number of nitrogens with zero attached hydrogens (tertiary/aromatic N) is 3. The van der Waals surface area contributed by atoms with Gasteiger partial charge in [-0.05, 0) is 50.1 Å². The quantitative estimate of drug-likeness (QED) is 0.922. The molecule has 0 radical (unpaired) electrons. The van der Waals surface area contributed by atoms with Crippen LogP contribution in [0.4, 0.5) is 11.6 Å². The van der Waals surface area contributed by atoms with Gasteiger partial charge >= 0.3 is 0 Å². The summed E-state index contributed by atoms with van der Waals surface area (Å²) in [5.41, 5.74) is 2.06. The Balaban J connectivity index is 1.78. The van der Waals surface area contributed by atoms with E-state index in [1.807, 2.05) is 36.1 Å². The van der Waals surface area contributed by atoms with Gasteiger partial charge in [-0.15, -0.1) is 0 Å². The van der Waals surface area contributed by atoms with Crippen LogP contribution in [0.5, 0.6) is 5.75 Å². The molecule has 132 valence electrons. The minimum atomic E-state index is -0.00909. The summed E-state index contributed by atoms with van der Waals surface area (Å²) in [4.78, 5) is 23.5. The molecule has 0 saturated carbocycles. The first-order chi connectivity index (χ1) is 12.2. The monoisotopic (exact) mass is 340 g/mol. The average molecular weight is 340 g/mol. The molecule has 3 rings (SSSR count). The lowest BCUT2D eigenvalue weighted by atomic mass is 10.2. The van der Waals surface area contributed by atoms with E-state index in [0.29, 0.717) is 11.6 Å². The number of ether oxygens (including phenoxy) is 1. The highest BCUT2D eigenvalue weighted by Gasteiger charge is 2.19. The third-order valence-electron chi connectivity index (χ3n) is 4.31. The van der Waals surface area contributed by atoms with E-state index >= 15 is 0 Å². The van der Waals surface area contributed by atoms with Crippen LogP contribution in [-0.4, -0.2) is 41.0 Å². The van der Waals surface area contributed by atoms with Crippen molar-refractivity contribution in [1.82, 2.24) is 14.9 Å². The first kappa shape index (κ1) is 17.2. The van der Waals surface area contributed by atoms with Gasteiger partial charge in [-0.1, -0.05) is 12.8 Å². The summed E-state index contributed by atoms with van der Waals surface area (Å²) in [6.45, 7) is 3.49. The molecule has 0 aliphatic carbocycles. The maximum atomic E-state index is 12.8. The van der Waals surface area contributed by atoms with Gasteiger partial charge in [0.25, 0.3) is 5.91 Å². The van der Waals surface area contributed by atoms with Gasteiger partial charge in [0.15, 0.2) is 0 Å². The fraction of sp³-hybridized carbons (Fsp3) is 0.421. The highest BCUT2D eigenvalue weighted by Crippen LogP contribution is 2.19. The van der Waals surface area contributed by atoms with Gasteiger partial charge in [0.2, 0.25) is 5.95 Å². The van der Waals surface area contributed by atoms with Gasteiger partial charge in [-0.3, -0.25) is 4.79 Å². The van der Waals surface area contributed by atoms with Gasteiger partial charge in [0.05, 0.1) is 7.11 Å². The van der Waals surface area contributed by atoms with E-state index < -0.39 is 0 Å². The molecule has 2 heterocycles. The molecule has 25 heavy (non-hydrogen) atoms. The summed E-state index contributed by atoms with van der Waals surface area (Å²) in [7, 11) is 1.63. The van der Waals surface area contributed by atoms with Crippen molar-refractivity contribution in [3.63, 3.8) is 0 Å². The Morgan fingerprint density at radius 3 is 2.40 bits per heavy atom. The van der Waals surface area contributed by atoms with Gasteiger partial charge < -0.3 is 15.0 Å². The molecular weight excluding hydrogens is 316 g/mol. The summed E-state index contributed by atoms with van der Waals surface area (Å²) in [6.07, 6.45) is 4.51. The topological polar surface area (TPSA) is 67.3 Å². The molecule has 1 N–H and O–H groups in total. The largest absolute Gasteiger partial charge is 0.497 e. The molecular formula is C19H24N4O2. The zero-order chi connectivity index (χ0) is 17.6. The van der Waals surface area contributed by atoms with Crippen LogP contribution in [0, 0.1) is 6.92 Å². The van der Waals surface area contributed by atoms with E-state index in [2.05, 4.69) is 15.3 Å². The standard InChI is InChI=1S/C19H24N4O2/c1-14-13-17(18(24)23-11-5-3-4-6-12-23)22-19(20-14)21-15-7-9-16(25-2)10-8-15/h7-10,13H,3-6,11-12H2,1-2H3,(H,20,21,22). The minimum Gasteiger partial charge on any atom is -0.497 e. The zero-order valence-electron chi connectivity index (χ0n) is 14.8. The lowest BCUT2D eigenvalue weighted by Crippen LogP contribution is -2.32. The molecule has 6 nitrogen and oxygen atoms in total. The van der Waals surface area contributed by atoms with Crippen molar-refractivity contribution < 1.29 is 9.53 Å². The fourth-order valence-electron chi connectivity index (χ4n) is 2.97. The molecule has 1 aromatic heterocycles. The van der Waals surface area contributed by atoms with Crippen LogP contribution in [0.3, 0.4) is 0 Å². The van der Waals surface area contributed by atoms with Crippen molar-refractivity contribution in [3.8, 4) is 5.75 Å². The summed E-state index contributed by atoms with van der Waals surface area (Å²) in [6, 6.07) is 9.26. The molecule has 1 saturated heterocycles. The zero-order valence-corrected chi connectivity index (χ0v) is 14.8. The highest BCUT2D eigenvalue weighted by molar-refractivity contribution is 5.92. The van der Waals surface area contributed by atoms with Gasteiger partial charge in [0.1, 0.15) is 11.4 Å². The Bertz CT molecular complexity index is 723. The second kappa shape index (κ2) is 7.96. The Morgan fingerprint density at radius 2 is 1.76 bits per heavy atom. The molecule has 0 unspecified atom stereocenters. The predicted octanol–water partition coefficient (Wildman–Crippen LogP) is 3.55. The first-order valence-electron chi connectivity index (χ1n) is 8.72. The van der Waals surface area contributed by atoms with Crippen molar-refractivity contribution in [2.24, 2.45) is 0 Å². The van der Waals surface area contributed by atoms with E-state index in [0.717, 1.165) is 43.1 Å². The van der Waals surface area contributed by atoms with Crippen LogP contribution < -0.4 is 10.1 Å². The van der Waals surface area contributed by atoms with Crippen LogP contribution in [0.25, 0.3) is 0 Å². The molecule has 0 spiro atoms. The number of hydrogen-bond donors (Lipinski definition) is 1. The molecule has 1 fully saturated rings. The number of methoxy groups -OCH3 is 1. The van der Waals surface area contributed by atoms with E-state index in [-0.39, 0.29) is 5.91 Å². The molecule has 1 aliphatic rings. The first-order valence-corrected chi connectivity index (χ1v) is 8.72. The number of aryl methyl sites for hydroxylation is 1. The van der Waals surface area contributed by atoms with Gasteiger partial charge in [-0.25, -0.2) is 9.97 Å². The van der Waals surface area contributed by atoms with Crippen molar-refractivity contribution in [2.45, 2.75) is 32.6 Å². The van der Waals surface area contributed by atoms with Crippen molar-refractivity contribution in [3.05, 3.63) is 41.7 Å². The van der Waals surface area contributed by atoms with Crippen molar-refractivity contribution >= 4 is 17.5 Å². The van der Waals surface area contributed by atoms with E-state index in [9.17, 15) is 4.79 Å². The normalized spacial score (nSPS) is 14.7. The summed E-state index contributed by atoms with van der Waals surface area (Å²) >= 11 is 0. The van der Waals surface area contributed by atoms with Gasteiger partial charge in [-0.2, -0.15) is 0 Å². The Labute approximate surface area is 148 Å². The molecule has 0 atom stereocenters. The number of aromatic nitrogens is 2. The molecule has 2 aromatic rings. The smallest absolute Gasteiger partial charge is 0.272 e. The number of amides is 1. The summed E-state index contributed by atoms with van der Waals surface area (Å²) < 4.78 is 5.16. The number of carbonyl (C=O) groups is 1. The average Bonchev–Trinajstić information content (AvgIpc) is 2.90. The lowest BCUT2D eigenvalue weighted by Gasteiger charge is -2.20. The Hall–Kier alpha value is -2.63. The fourth-order valence-corrected chi connectivity index (χ4v) is 2.97. The maximum absolute atomic E-state index is 12.8. The van der Waals surface area contributed by atoms with E-state index in [1.165, 1.54) is 12.8 Å². The van der Waals surface area contributed by atoms with Gasteiger partial charge in [0, 0.05) is 24.5 Å². The summed E-state index contributed by atoms with van der Waals surface area (Å²) in [5.74, 6) is 1.21. The number of anilines is 2. The van der Waals surface area contributed by atoms with Crippen molar-refractivity contribution in [1.29, 1.82) is 0 Å². The number of likely N-dealkylation sites (tertiary alicyclic amines) is 1. The number of hydrogen-bond acceptors (Lipinski definition) is 5. The summed E-state index contributed by atoms with van der Waals surface area (Å²) in [5, 5.41) is 3.16. The van der Waals surface area contributed by atoms with Crippen LogP contribution in [0.1, 0.15) is 41.9 Å². The van der Waals surface area contributed by atoms with Crippen LogP contribution in [-0.2, 0) is 0 Å². The van der Waals surface area contributed by atoms with Crippen molar-refractivity contribution in [2.75, 3.05) is 25.5 Å². The maximum Gasteiger partial charge on any atom is 0.272 e. The molecule has 1 aromatic carbocycles. The second-order valence-electron chi connectivity index (χ2n) is 6.28. The van der Waals surface area contributed by atoms with Crippen LogP contribution >= 0.6 is 0 Å². The molecule has 6 heteroatoms. The number of benzene rings is 1. The number of nitrogens with one attached hydrogen (secondary N) is 1. The number of carbonyl (C=O) groups excluding carboxylic acids is 1. The number of rotatable bonds is 4. The third-order valence-corrected chi connectivity index (χ3v) is 4.31. The van der Waals surface area contributed by atoms with Crippen LogP contribution in [0.2, 0.25) is 0 Å². The third kappa shape index (κ3) is 4.47. The molecule has 1 aliphatic heterocycles. The SMILES string of the molecule is COc1ccc(Nc2nc(C)cc(C(=O)N3CCCCCC3)n2)cc1. The second-order valence-corrected chi connectivity index (χ2v) is 6.28. The minimum absolute atomic E-state index is 0.00909. The van der Waals surface area contributed by atoms with E-state index in [4.69, 9.17) is 4.74 Å². The van der Waals surface area contributed by atoms with Crippen LogP contribution in [0.15, 0.2) is 30.3 Å². The Morgan fingerprint density at radius 1 is 1.08 bits per heavy atom. The van der Waals surface area contributed by atoms with E-state index in [1.54, 1.807) is 13.2 Å². The Kier molecular flexibility index (Phi) is 5.48. The molecule has 1 amide bonds. The highest BCUT2D eigenvalue weighted by atomic mass is 16.5. The molecule has 0 bridgehead atoms.